The SMILES string of the molecule is CCOc1ccc(-n2nnc3c(N4CCN(C(=O)c5c(F)cccc5Cl)CC4)ncnc32)cc1. The third-order valence-electron chi connectivity index (χ3n) is 5.65. The van der Waals surface area contributed by atoms with Gasteiger partial charge in [-0.15, -0.1) is 5.10 Å². The fourth-order valence-corrected chi connectivity index (χ4v) is 4.22. The molecule has 0 N–H and O–H groups in total. The molecule has 0 spiro atoms. The molecule has 1 aliphatic heterocycles. The Balaban J connectivity index is 1.35. The smallest absolute Gasteiger partial charge is 0.258 e. The number of carbonyl (C=O) groups excluding carboxylic acids is 1. The highest BCUT2D eigenvalue weighted by atomic mass is 35.5. The normalized spacial score (nSPS) is 14.0. The number of anilines is 1. The molecule has 0 radical (unpaired) electrons. The van der Waals surface area contributed by atoms with Gasteiger partial charge >= 0.3 is 0 Å². The number of fused-ring (bicyclic) bond motifs is 1. The van der Waals surface area contributed by atoms with Crippen molar-refractivity contribution in [2.45, 2.75) is 6.92 Å². The third kappa shape index (κ3) is 4.01. The second-order valence-corrected chi connectivity index (χ2v) is 8.08. The summed E-state index contributed by atoms with van der Waals surface area (Å²) >= 11 is 6.07. The van der Waals surface area contributed by atoms with Crippen LogP contribution in [0.2, 0.25) is 5.02 Å². The van der Waals surface area contributed by atoms with Crippen molar-refractivity contribution in [1.29, 1.82) is 0 Å². The molecule has 5 rings (SSSR count). The lowest BCUT2D eigenvalue weighted by Crippen LogP contribution is -2.49. The molecule has 2 aromatic heterocycles. The van der Waals surface area contributed by atoms with Crippen molar-refractivity contribution in [2.75, 3.05) is 37.7 Å². The van der Waals surface area contributed by atoms with Gasteiger partial charge in [-0.3, -0.25) is 4.79 Å². The first-order chi connectivity index (χ1) is 16.6. The van der Waals surface area contributed by atoms with Crippen molar-refractivity contribution >= 4 is 34.5 Å². The predicted molar refractivity (Wildman–Crippen MR) is 125 cm³/mol. The largest absolute Gasteiger partial charge is 0.494 e. The molecule has 0 aliphatic carbocycles. The van der Waals surface area contributed by atoms with Crippen LogP contribution in [0.3, 0.4) is 0 Å². The number of nitrogens with zero attached hydrogens (tertiary/aromatic N) is 7. The number of rotatable bonds is 5. The number of carbonyl (C=O) groups is 1. The van der Waals surface area contributed by atoms with Crippen LogP contribution >= 0.6 is 11.6 Å². The minimum atomic E-state index is -0.622. The monoisotopic (exact) mass is 481 g/mol. The van der Waals surface area contributed by atoms with Crippen molar-refractivity contribution in [3.05, 3.63) is 65.2 Å². The first kappa shape index (κ1) is 22.0. The molecule has 0 bridgehead atoms. The van der Waals surface area contributed by atoms with E-state index in [0.29, 0.717) is 49.8 Å². The highest BCUT2D eigenvalue weighted by molar-refractivity contribution is 6.33. The van der Waals surface area contributed by atoms with Crippen LogP contribution < -0.4 is 9.64 Å². The van der Waals surface area contributed by atoms with E-state index < -0.39 is 11.7 Å². The number of piperazine rings is 1. The lowest BCUT2D eigenvalue weighted by molar-refractivity contribution is 0.0742. The van der Waals surface area contributed by atoms with Crippen LogP contribution in [0.1, 0.15) is 17.3 Å². The summed E-state index contributed by atoms with van der Waals surface area (Å²) < 4.78 is 21.3. The lowest BCUT2D eigenvalue weighted by atomic mass is 10.1. The molecule has 3 heterocycles. The summed E-state index contributed by atoms with van der Waals surface area (Å²) in [6, 6.07) is 11.7. The molecule has 1 fully saturated rings. The van der Waals surface area contributed by atoms with Crippen molar-refractivity contribution in [2.24, 2.45) is 0 Å². The fraction of sp³-hybridized carbons (Fsp3) is 0.261. The Hall–Kier alpha value is -3.79. The van der Waals surface area contributed by atoms with E-state index in [4.69, 9.17) is 16.3 Å². The summed E-state index contributed by atoms with van der Waals surface area (Å²) in [5.74, 6) is 0.369. The molecule has 174 valence electrons. The molecule has 11 heteroatoms. The van der Waals surface area contributed by atoms with Crippen LogP contribution in [0, 0.1) is 5.82 Å². The molecule has 0 unspecified atom stereocenters. The summed E-state index contributed by atoms with van der Waals surface area (Å²) in [5.41, 5.74) is 1.84. The fourth-order valence-electron chi connectivity index (χ4n) is 3.97. The number of amides is 1. The molecule has 0 saturated carbocycles. The van der Waals surface area contributed by atoms with Crippen molar-refractivity contribution < 1.29 is 13.9 Å². The molecular formula is C23H21ClFN7O2. The second-order valence-electron chi connectivity index (χ2n) is 7.67. The zero-order chi connectivity index (χ0) is 23.7. The van der Waals surface area contributed by atoms with E-state index in [1.807, 2.05) is 36.1 Å². The van der Waals surface area contributed by atoms with Gasteiger partial charge in [0, 0.05) is 26.2 Å². The van der Waals surface area contributed by atoms with E-state index in [9.17, 15) is 9.18 Å². The maximum atomic E-state index is 14.2. The summed E-state index contributed by atoms with van der Waals surface area (Å²) in [6.45, 7) is 4.31. The van der Waals surface area contributed by atoms with Gasteiger partial charge in [0.15, 0.2) is 17.0 Å². The Labute approximate surface area is 199 Å². The van der Waals surface area contributed by atoms with Crippen LogP contribution in [0.4, 0.5) is 10.2 Å². The number of halogens is 2. The Kier molecular flexibility index (Phi) is 5.97. The Bertz CT molecular complexity index is 1320. The van der Waals surface area contributed by atoms with E-state index >= 15 is 0 Å². The van der Waals surface area contributed by atoms with Gasteiger partial charge in [0.05, 0.1) is 22.9 Å². The molecule has 1 saturated heterocycles. The van der Waals surface area contributed by atoms with E-state index in [-0.39, 0.29) is 10.6 Å². The van der Waals surface area contributed by atoms with E-state index in [1.54, 1.807) is 9.58 Å². The van der Waals surface area contributed by atoms with Crippen LogP contribution in [-0.2, 0) is 0 Å². The predicted octanol–water partition coefficient (Wildman–Crippen LogP) is 3.36. The van der Waals surface area contributed by atoms with Gasteiger partial charge in [-0.1, -0.05) is 22.9 Å². The highest BCUT2D eigenvalue weighted by Crippen LogP contribution is 2.26. The third-order valence-corrected chi connectivity index (χ3v) is 5.97. The Morgan fingerprint density at radius 1 is 1.09 bits per heavy atom. The average molecular weight is 482 g/mol. The molecule has 4 aromatic rings. The van der Waals surface area contributed by atoms with Gasteiger partial charge < -0.3 is 14.5 Å². The summed E-state index contributed by atoms with van der Waals surface area (Å²) in [7, 11) is 0. The highest BCUT2D eigenvalue weighted by Gasteiger charge is 2.28. The van der Waals surface area contributed by atoms with Gasteiger partial charge in [-0.25, -0.2) is 14.4 Å². The molecule has 34 heavy (non-hydrogen) atoms. The quantitative estimate of drug-likeness (QED) is 0.431. The molecular weight excluding hydrogens is 461 g/mol. The second kappa shape index (κ2) is 9.22. The number of aromatic nitrogens is 5. The van der Waals surface area contributed by atoms with Crippen molar-refractivity contribution in [1.82, 2.24) is 29.9 Å². The summed E-state index contributed by atoms with van der Waals surface area (Å²) in [6.07, 6.45) is 1.47. The number of hydrogen-bond acceptors (Lipinski definition) is 7. The number of hydrogen-bond donors (Lipinski definition) is 0. The van der Waals surface area contributed by atoms with Gasteiger partial charge in [-0.05, 0) is 43.3 Å². The standard InChI is InChI=1S/C23H21ClFN7O2/c1-2-34-16-8-6-15(7-9-16)32-22-20(28-29-32)21(26-14-27-22)30-10-12-31(13-11-30)23(33)19-17(24)4-3-5-18(19)25/h3-9,14H,2,10-13H2,1H3. The maximum Gasteiger partial charge on any atom is 0.258 e. The minimum Gasteiger partial charge on any atom is -0.494 e. The van der Waals surface area contributed by atoms with Gasteiger partial charge in [0.1, 0.15) is 17.9 Å². The van der Waals surface area contributed by atoms with Crippen LogP contribution in [-0.4, -0.2) is 68.6 Å². The summed E-state index contributed by atoms with van der Waals surface area (Å²) in [4.78, 5) is 25.3. The first-order valence-corrected chi connectivity index (χ1v) is 11.2. The number of ether oxygens (including phenoxy) is 1. The topological polar surface area (TPSA) is 89.3 Å². The molecule has 1 aliphatic rings. The zero-order valence-corrected chi connectivity index (χ0v) is 19.1. The van der Waals surface area contributed by atoms with Crippen LogP contribution in [0.25, 0.3) is 16.9 Å². The zero-order valence-electron chi connectivity index (χ0n) is 18.4. The van der Waals surface area contributed by atoms with Gasteiger partial charge in [-0.2, -0.15) is 4.68 Å². The van der Waals surface area contributed by atoms with Crippen LogP contribution in [0.15, 0.2) is 48.8 Å². The Morgan fingerprint density at radius 3 is 2.56 bits per heavy atom. The maximum absolute atomic E-state index is 14.2. The van der Waals surface area contributed by atoms with Gasteiger partial charge in [0.25, 0.3) is 5.91 Å². The molecule has 9 nitrogen and oxygen atoms in total. The average Bonchev–Trinajstić information content (AvgIpc) is 3.29. The summed E-state index contributed by atoms with van der Waals surface area (Å²) in [5, 5.41) is 8.70. The van der Waals surface area contributed by atoms with E-state index in [0.717, 1.165) is 11.4 Å². The van der Waals surface area contributed by atoms with Crippen LogP contribution in [0.5, 0.6) is 5.75 Å². The molecule has 1 amide bonds. The first-order valence-electron chi connectivity index (χ1n) is 10.8. The van der Waals surface area contributed by atoms with Crippen molar-refractivity contribution in [3.8, 4) is 11.4 Å². The van der Waals surface area contributed by atoms with E-state index in [2.05, 4.69) is 20.3 Å². The minimum absolute atomic E-state index is 0.0969. The Morgan fingerprint density at radius 2 is 1.85 bits per heavy atom. The number of benzene rings is 2. The molecule has 0 atom stereocenters. The molecule has 2 aromatic carbocycles. The van der Waals surface area contributed by atoms with Gasteiger partial charge in [0.2, 0.25) is 0 Å². The van der Waals surface area contributed by atoms with E-state index in [1.165, 1.54) is 24.5 Å². The van der Waals surface area contributed by atoms with Crippen molar-refractivity contribution in [3.63, 3.8) is 0 Å². The lowest BCUT2D eigenvalue weighted by Gasteiger charge is -2.35.